The van der Waals surface area contributed by atoms with Crippen LogP contribution in [0.3, 0.4) is 0 Å². The van der Waals surface area contributed by atoms with Crippen molar-refractivity contribution in [1.82, 2.24) is 0 Å². The number of hydrogen-bond acceptors (Lipinski definition) is 3. The summed E-state index contributed by atoms with van der Waals surface area (Å²) in [6.07, 6.45) is 2.82. The maximum Gasteiger partial charge on any atom is 0.191 e. The van der Waals surface area contributed by atoms with E-state index in [1.165, 1.54) is 5.56 Å². The Hall–Kier alpha value is -1.68. The minimum absolute atomic E-state index is 0.712. The van der Waals surface area contributed by atoms with E-state index in [0.717, 1.165) is 24.5 Å². The molecule has 0 aliphatic carbocycles. The molecule has 0 bridgehead atoms. The van der Waals surface area contributed by atoms with Gasteiger partial charge in [0.15, 0.2) is 12.2 Å². The number of quaternary nitrogens is 1. The molecule has 1 aromatic carbocycles. The normalized spacial score (nSPS) is 16.4. The van der Waals surface area contributed by atoms with Crippen LogP contribution in [0.15, 0.2) is 34.4 Å². The number of aryl methyl sites for hydroxylation is 1. The Morgan fingerprint density at radius 2 is 2.11 bits per heavy atom. The van der Waals surface area contributed by atoms with E-state index in [9.17, 15) is 0 Å². The molecule has 4 nitrogen and oxygen atoms in total. The van der Waals surface area contributed by atoms with Gasteiger partial charge in [-0.05, 0) is 24.6 Å². The second-order valence-electron chi connectivity index (χ2n) is 5.59. The summed E-state index contributed by atoms with van der Waals surface area (Å²) in [6.45, 7) is 3.01. The van der Waals surface area contributed by atoms with Gasteiger partial charge in [0.25, 0.3) is 0 Å². The van der Waals surface area contributed by atoms with E-state index in [0.29, 0.717) is 4.48 Å². The first-order chi connectivity index (χ1) is 8.44. The molecular weight excluding hydrogens is 224 g/mol. The van der Waals surface area contributed by atoms with Crippen LogP contribution in [0.4, 0.5) is 5.69 Å². The van der Waals surface area contributed by atoms with E-state index < -0.39 is 0 Å². The third kappa shape index (κ3) is 3.40. The first-order valence-electron chi connectivity index (χ1n) is 6.22. The van der Waals surface area contributed by atoms with Gasteiger partial charge in [-0.1, -0.05) is 12.1 Å². The predicted octanol–water partition coefficient (Wildman–Crippen LogP) is 2.25. The van der Waals surface area contributed by atoms with Crippen molar-refractivity contribution in [3.8, 4) is 0 Å². The number of anilines is 1. The highest BCUT2D eigenvalue weighted by Gasteiger charge is 2.16. The molecule has 0 atom stereocenters. The molecule has 1 aromatic rings. The van der Waals surface area contributed by atoms with Crippen molar-refractivity contribution in [2.75, 3.05) is 32.7 Å². The Morgan fingerprint density at radius 1 is 1.33 bits per heavy atom. The molecule has 0 saturated carbocycles. The van der Waals surface area contributed by atoms with Crippen molar-refractivity contribution in [2.24, 2.45) is 10.1 Å². The molecule has 0 N–H and O–H groups in total. The number of benzene rings is 1. The van der Waals surface area contributed by atoms with Crippen LogP contribution < -0.4 is 5.01 Å². The summed E-state index contributed by atoms with van der Waals surface area (Å²) in [7, 11) is 6.24. The van der Waals surface area contributed by atoms with E-state index in [1.807, 2.05) is 11.3 Å². The molecule has 1 heterocycles. The Morgan fingerprint density at radius 3 is 2.78 bits per heavy atom. The number of amidine groups is 1. The van der Waals surface area contributed by atoms with Gasteiger partial charge in [-0.2, -0.15) is 10.1 Å². The lowest BCUT2D eigenvalue weighted by Gasteiger charge is -2.15. The number of rotatable bonds is 2. The minimum atomic E-state index is 0.712. The molecule has 0 amide bonds. The molecule has 1 aliphatic heterocycles. The number of nitrogens with zero attached hydrogens (tertiary/aromatic N) is 4. The standard InChI is InChI=1S/C14H21N4/c1-12-6-5-7-13(10-12)17-9-8-14(16-17)15-11-18(2,3)4/h5-7,10-11H,8-9H2,1-4H3/q+1. The van der Waals surface area contributed by atoms with Crippen LogP contribution in [0, 0.1) is 6.92 Å². The molecular formula is C14H21N4+. The topological polar surface area (TPSA) is 28.0 Å². The SMILES string of the molecule is Cc1cccc(N2CCC(N=C[N+](C)(C)C)=N2)c1. The van der Waals surface area contributed by atoms with Gasteiger partial charge in [0, 0.05) is 13.0 Å². The van der Waals surface area contributed by atoms with Crippen molar-refractivity contribution in [1.29, 1.82) is 0 Å². The summed E-state index contributed by atoms with van der Waals surface area (Å²) < 4.78 is 0.712. The maximum absolute atomic E-state index is 4.54. The van der Waals surface area contributed by atoms with Gasteiger partial charge in [0.2, 0.25) is 0 Å². The lowest BCUT2D eigenvalue weighted by Crippen LogP contribution is -2.32. The summed E-state index contributed by atoms with van der Waals surface area (Å²) in [5.74, 6) is 0.907. The van der Waals surface area contributed by atoms with Crippen molar-refractivity contribution in [3.05, 3.63) is 29.8 Å². The van der Waals surface area contributed by atoms with Crippen LogP contribution in [-0.4, -0.2) is 44.3 Å². The Kier molecular flexibility index (Phi) is 3.48. The average Bonchev–Trinajstić information content (AvgIpc) is 2.74. The fraction of sp³-hybridized carbons (Fsp3) is 0.429. The highest BCUT2D eigenvalue weighted by molar-refractivity contribution is 5.90. The molecule has 2 rings (SSSR count). The summed E-state index contributed by atoms with van der Waals surface area (Å²) in [5, 5.41) is 6.57. The molecule has 1 aliphatic rings. The summed E-state index contributed by atoms with van der Waals surface area (Å²) in [4.78, 5) is 4.45. The molecule has 0 unspecified atom stereocenters. The molecule has 0 fully saturated rings. The minimum Gasteiger partial charge on any atom is -0.288 e. The molecule has 18 heavy (non-hydrogen) atoms. The zero-order valence-electron chi connectivity index (χ0n) is 11.6. The zero-order valence-corrected chi connectivity index (χ0v) is 11.6. The van der Waals surface area contributed by atoms with E-state index in [2.05, 4.69) is 62.4 Å². The van der Waals surface area contributed by atoms with E-state index in [4.69, 9.17) is 0 Å². The van der Waals surface area contributed by atoms with Gasteiger partial charge in [-0.25, -0.2) is 0 Å². The highest BCUT2D eigenvalue weighted by Crippen LogP contribution is 2.20. The lowest BCUT2D eigenvalue weighted by molar-refractivity contribution is -0.769. The fourth-order valence-corrected chi connectivity index (χ4v) is 1.75. The fourth-order valence-electron chi connectivity index (χ4n) is 1.75. The van der Waals surface area contributed by atoms with Crippen molar-refractivity contribution in [3.63, 3.8) is 0 Å². The first kappa shape index (κ1) is 12.8. The number of hydrazone groups is 1. The molecule has 4 heteroatoms. The lowest BCUT2D eigenvalue weighted by atomic mass is 10.2. The zero-order chi connectivity index (χ0) is 13.2. The number of hydrogen-bond donors (Lipinski definition) is 0. The molecule has 0 aromatic heterocycles. The van der Waals surface area contributed by atoms with Crippen LogP contribution >= 0.6 is 0 Å². The average molecular weight is 245 g/mol. The number of aliphatic imine (C=N–C) groups is 1. The molecule has 0 spiro atoms. The maximum atomic E-state index is 4.54. The van der Waals surface area contributed by atoms with Gasteiger partial charge in [0.1, 0.15) is 0 Å². The molecule has 0 saturated heterocycles. The summed E-state index contributed by atoms with van der Waals surface area (Å²) in [5.41, 5.74) is 2.40. The summed E-state index contributed by atoms with van der Waals surface area (Å²) >= 11 is 0. The molecule has 0 radical (unpaired) electrons. The van der Waals surface area contributed by atoms with Gasteiger partial charge >= 0.3 is 0 Å². The van der Waals surface area contributed by atoms with Gasteiger partial charge in [-0.15, -0.1) is 0 Å². The molecule has 96 valence electrons. The smallest absolute Gasteiger partial charge is 0.191 e. The van der Waals surface area contributed by atoms with Crippen LogP contribution in [0.1, 0.15) is 12.0 Å². The van der Waals surface area contributed by atoms with Crippen molar-refractivity contribution < 1.29 is 4.48 Å². The van der Waals surface area contributed by atoms with Crippen molar-refractivity contribution in [2.45, 2.75) is 13.3 Å². The van der Waals surface area contributed by atoms with E-state index in [1.54, 1.807) is 0 Å². The van der Waals surface area contributed by atoms with Crippen LogP contribution in [-0.2, 0) is 0 Å². The third-order valence-electron chi connectivity index (χ3n) is 2.64. The Balaban J connectivity index is 2.11. The summed E-state index contributed by atoms with van der Waals surface area (Å²) in [6, 6.07) is 8.39. The second kappa shape index (κ2) is 4.90. The van der Waals surface area contributed by atoms with Gasteiger partial charge in [0.05, 0.1) is 26.8 Å². The van der Waals surface area contributed by atoms with Gasteiger partial charge < -0.3 is 0 Å². The van der Waals surface area contributed by atoms with Crippen LogP contribution in [0.5, 0.6) is 0 Å². The van der Waals surface area contributed by atoms with Crippen molar-refractivity contribution >= 4 is 17.9 Å². The Bertz CT molecular complexity index is 483. The second-order valence-corrected chi connectivity index (χ2v) is 5.59. The van der Waals surface area contributed by atoms with Crippen LogP contribution in [0.2, 0.25) is 0 Å². The monoisotopic (exact) mass is 245 g/mol. The first-order valence-corrected chi connectivity index (χ1v) is 6.22. The third-order valence-corrected chi connectivity index (χ3v) is 2.64. The Labute approximate surface area is 109 Å². The van der Waals surface area contributed by atoms with E-state index >= 15 is 0 Å². The highest BCUT2D eigenvalue weighted by atomic mass is 15.5. The van der Waals surface area contributed by atoms with Crippen LogP contribution in [0.25, 0.3) is 0 Å². The predicted molar refractivity (Wildman–Crippen MR) is 77.1 cm³/mol. The quantitative estimate of drug-likeness (QED) is 0.446. The van der Waals surface area contributed by atoms with E-state index in [-0.39, 0.29) is 0 Å². The largest absolute Gasteiger partial charge is 0.288 e. The van der Waals surface area contributed by atoms with Gasteiger partial charge in [-0.3, -0.25) is 9.49 Å².